The molecule has 0 radical (unpaired) electrons. The van der Waals surface area contributed by atoms with Gasteiger partial charge in [-0.3, -0.25) is 9.59 Å². The standard InChI is InChI=1S/C20H23N3O5/c1-2-27-20(26)15-5-7-16(8-6-15)21-14-18(24)22-9-11-23(12-10-22)19(25)17-4-3-13-28-17/h3-8,13,21H,2,9-12,14H2,1H3. The van der Waals surface area contributed by atoms with E-state index in [0.29, 0.717) is 44.1 Å². The van der Waals surface area contributed by atoms with Gasteiger partial charge in [-0.1, -0.05) is 0 Å². The molecule has 2 amide bonds. The normalized spacial score (nSPS) is 13.9. The molecule has 28 heavy (non-hydrogen) atoms. The summed E-state index contributed by atoms with van der Waals surface area (Å²) in [7, 11) is 0. The van der Waals surface area contributed by atoms with Crippen LogP contribution in [-0.2, 0) is 9.53 Å². The molecule has 148 valence electrons. The van der Waals surface area contributed by atoms with E-state index in [0.717, 1.165) is 5.69 Å². The fraction of sp³-hybridized carbons (Fsp3) is 0.350. The lowest BCUT2D eigenvalue weighted by Gasteiger charge is -2.34. The van der Waals surface area contributed by atoms with Crippen LogP contribution in [0.2, 0.25) is 0 Å². The number of amides is 2. The molecule has 1 aliphatic heterocycles. The van der Waals surface area contributed by atoms with Crippen LogP contribution in [0.25, 0.3) is 0 Å². The Hall–Kier alpha value is -3.29. The van der Waals surface area contributed by atoms with Crippen molar-refractivity contribution in [2.24, 2.45) is 0 Å². The van der Waals surface area contributed by atoms with E-state index in [-0.39, 0.29) is 24.3 Å². The van der Waals surface area contributed by atoms with Crippen molar-refractivity contribution >= 4 is 23.5 Å². The van der Waals surface area contributed by atoms with E-state index in [1.54, 1.807) is 53.1 Å². The lowest BCUT2D eigenvalue weighted by Crippen LogP contribution is -2.51. The first-order valence-electron chi connectivity index (χ1n) is 9.20. The molecule has 1 aromatic heterocycles. The maximum Gasteiger partial charge on any atom is 0.338 e. The van der Waals surface area contributed by atoms with Crippen molar-refractivity contribution in [1.82, 2.24) is 9.80 Å². The summed E-state index contributed by atoms with van der Waals surface area (Å²) in [4.78, 5) is 39.7. The van der Waals surface area contributed by atoms with E-state index < -0.39 is 0 Å². The van der Waals surface area contributed by atoms with Crippen molar-refractivity contribution in [3.05, 3.63) is 54.0 Å². The highest BCUT2D eigenvalue weighted by atomic mass is 16.5. The Morgan fingerprint density at radius 1 is 1.04 bits per heavy atom. The first-order valence-corrected chi connectivity index (χ1v) is 9.20. The Morgan fingerprint density at radius 3 is 2.32 bits per heavy atom. The summed E-state index contributed by atoms with van der Waals surface area (Å²) in [6.45, 7) is 4.13. The average molecular weight is 385 g/mol. The summed E-state index contributed by atoms with van der Waals surface area (Å²) in [5.41, 5.74) is 1.21. The molecule has 0 aliphatic carbocycles. The van der Waals surface area contributed by atoms with E-state index in [1.807, 2.05) is 0 Å². The number of hydrogen-bond acceptors (Lipinski definition) is 6. The van der Waals surface area contributed by atoms with Crippen molar-refractivity contribution in [1.29, 1.82) is 0 Å². The monoisotopic (exact) mass is 385 g/mol. The van der Waals surface area contributed by atoms with Crippen molar-refractivity contribution in [3.63, 3.8) is 0 Å². The third-order valence-corrected chi connectivity index (χ3v) is 4.49. The molecule has 8 heteroatoms. The number of carbonyl (C=O) groups excluding carboxylic acids is 3. The van der Waals surface area contributed by atoms with Gasteiger partial charge < -0.3 is 24.3 Å². The fourth-order valence-electron chi connectivity index (χ4n) is 2.94. The molecule has 2 aromatic rings. The number of ether oxygens (including phenoxy) is 1. The van der Waals surface area contributed by atoms with E-state index in [4.69, 9.17) is 9.15 Å². The molecular weight excluding hydrogens is 362 g/mol. The van der Waals surface area contributed by atoms with Gasteiger partial charge in [0, 0.05) is 31.9 Å². The van der Waals surface area contributed by atoms with Crippen LogP contribution in [0.5, 0.6) is 0 Å². The second-order valence-electron chi connectivity index (χ2n) is 6.30. The molecule has 3 rings (SSSR count). The lowest BCUT2D eigenvalue weighted by atomic mass is 10.2. The average Bonchev–Trinajstić information content (AvgIpc) is 3.27. The highest BCUT2D eigenvalue weighted by molar-refractivity contribution is 5.92. The van der Waals surface area contributed by atoms with Crippen LogP contribution in [-0.4, -0.2) is 66.9 Å². The highest BCUT2D eigenvalue weighted by Crippen LogP contribution is 2.12. The summed E-state index contributed by atoms with van der Waals surface area (Å²) in [6.07, 6.45) is 1.47. The number of nitrogens with one attached hydrogen (secondary N) is 1. The van der Waals surface area contributed by atoms with E-state index >= 15 is 0 Å². The van der Waals surface area contributed by atoms with Gasteiger partial charge in [-0.15, -0.1) is 0 Å². The van der Waals surface area contributed by atoms with Crippen LogP contribution in [0.4, 0.5) is 5.69 Å². The van der Waals surface area contributed by atoms with Gasteiger partial charge in [0.2, 0.25) is 5.91 Å². The number of esters is 1. The summed E-state index contributed by atoms with van der Waals surface area (Å²) < 4.78 is 10.1. The predicted octanol–water partition coefficient (Wildman–Crippen LogP) is 1.85. The zero-order valence-electron chi connectivity index (χ0n) is 15.7. The minimum Gasteiger partial charge on any atom is -0.462 e. The number of carbonyl (C=O) groups is 3. The number of anilines is 1. The summed E-state index contributed by atoms with van der Waals surface area (Å²) in [5.74, 6) is -0.253. The Morgan fingerprint density at radius 2 is 1.71 bits per heavy atom. The van der Waals surface area contributed by atoms with E-state index in [9.17, 15) is 14.4 Å². The molecule has 1 aliphatic rings. The van der Waals surface area contributed by atoms with Gasteiger partial charge >= 0.3 is 5.97 Å². The predicted molar refractivity (Wildman–Crippen MR) is 102 cm³/mol. The van der Waals surface area contributed by atoms with Crippen molar-refractivity contribution in [3.8, 4) is 0 Å². The zero-order valence-corrected chi connectivity index (χ0v) is 15.7. The Bertz CT molecular complexity index is 809. The molecule has 1 N–H and O–H groups in total. The van der Waals surface area contributed by atoms with E-state index in [2.05, 4.69) is 5.32 Å². The van der Waals surface area contributed by atoms with Crippen LogP contribution in [0.3, 0.4) is 0 Å². The zero-order chi connectivity index (χ0) is 19.9. The van der Waals surface area contributed by atoms with Gasteiger partial charge in [0.25, 0.3) is 5.91 Å². The summed E-state index contributed by atoms with van der Waals surface area (Å²) in [5, 5.41) is 3.06. The number of rotatable bonds is 6. The van der Waals surface area contributed by atoms with Gasteiger partial charge in [-0.2, -0.15) is 0 Å². The summed E-state index contributed by atoms with van der Waals surface area (Å²) >= 11 is 0. The highest BCUT2D eigenvalue weighted by Gasteiger charge is 2.25. The first kappa shape index (κ1) is 19.5. The molecule has 2 heterocycles. The van der Waals surface area contributed by atoms with Crippen molar-refractivity contribution in [2.75, 3.05) is 44.6 Å². The topological polar surface area (TPSA) is 92.1 Å². The first-order chi connectivity index (χ1) is 13.6. The molecule has 0 atom stereocenters. The molecule has 0 saturated carbocycles. The number of benzene rings is 1. The largest absolute Gasteiger partial charge is 0.462 e. The second-order valence-corrected chi connectivity index (χ2v) is 6.30. The quantitative estimate of drug-likeness (QED) is 0.763. The van der Waals surface area contributed by atoms with Crippen LogP contribution in [0.1, 0.15) is 27.8 Å². The number of nitrogens with zero attached hydrogens (tertiary/aromatic N) is 2. The van der Waals surface area contributed by atoms with Gasteiger partial charge in [0.1, 0.15) is 0 Å². The van der Waals surface area contributed by atoms with Crippen molar-refractivity contribution in [2.45, 2.75) is 6.92 Å². The third kappa shape index (κ3) is 4.70. The van der Waals surface area contributed by atoms with Crippen LogP contribution in [0, 0.1) is 0 Å². The minimum absolute atomic E-state index is 0.0421. The lowest BCUT2D eigenvalue weighted by molar-refractivity contribution is -0.130. The smallest absolute Gasteiger partial charge is 0.338 e. The molecule has 1 aromatic carbocycles. The van der Waals surface area contributed by atoms with Crippen LogP contribution < -0.4 is 5.32 Å². The third-order valence-electron chi connectivity index (χ3n) is 4.49. The van der Waals surface area contributed by atoms with Gasteiger partial charge in [0.05, 0.1) is 25.0 Å². The van der Waals surface area contributed by atoms with Gasteiger partial charge in [0.15, 0.2) is 5.76 Å². The van der Waals surface area contributed by atoms with Gasteiger partial charge in [-0.05, 0) is 43.3 Å². The minimum atomic E-state index is -0.368. The maximum absolute atomic E-state index is 12.4. The number of hydrogen-bond donors (Lipinski definition) is 1. The molecule has 8 nitrogen and oxygen atoms in total. The fourth-order valence-corrected chi connectivity index (χ4v) is 2.94. The SMILES string of the molecule is CCOC(=O)c1ccc(NCC(=O)N2CCN(C(=O)c3ccco3)CC2)cc1. The van der Waals surface area contributed by atoms with Crippen molar-refractivity contribution < 1.29 is 23.5 Å². The molecular formula is C20H23N3O5. The molecule has 0 unspecified atom stereocenters. The van der Waals surface area contributed by atoms with Crippen LogP contribution in [0.15, 0.2) is 47.1 Å². The Labute approximate surface area is 163 Å². The van der Waals surface area contributed by atoms with Crippen LogP contribution >= 0.6 is 0 Å². The molecule has 1 saturated heterocycles. The summed E-state index contributed by atoms with van der Waals surface area (Å²) in [6, 6.07) is 10.1. The van der Waals surface area contributed by atoms with E-state index in [1.165, 1.54) is 6.26 Å². The Balaban J connectivity index is 1.44. The molecule has 0 bridgehead atoms. The molecule has 1 fully saturated rings. The Kier molecular flexibility index (Phi) is 6.31. The number of furan rings is 1. The maximum atomic E-state index is 12.4. The molecule has 0 spiro atoms. The second kappa shape index (κ2) is 9.07. The number of piperazine rings is 1. The van der Waals surface area contributed by atoms with Gasteiger partial charge in [-0.25, -0.2) is 4.79 Å².